The lowest BCUT2D eigenvalue weighted by Gasteiger charge is -2.08. The van der Waals surface area contributed by atoms with Crippen LogP contribution in [0.4, 0.5) is 17.3 Å². The first kappa shape index (κ1) is 13.0. The van der Waals surface area contributed by atoms with Crippen LogP contribution in [0.15, 0.2) is 12.1 Å². The third kappa shape index (κ3) is 3.52. The smallest absolute Gasteiger partial charge is 0.311 e. The molecule has 0 bridgehead atoms. The van der Waals surface area contributed by atoms with Gasteiger partial charge in [0.05, 0.1) is 11.5 Å². The van der Waals surface area contributed by atoms with E-state index in [-0.39, 0.29) is 35.8 Å². The summed E-state index contributed by atoms with van der Waals surface area (Å²) in [6, 6.07) is 2.89. The molecule has 1 aliphatic carbocycles. The molecule has 0 spiro atoms. The number of hydrazine groups is 1. The molecule has 2 rings (SSSR count). The van der Waals surface area contributed by atoms with E-state index in [9.17, 15) is 14.9 Å². The number of nitrogen functional groups attached to an aromatic ring is 1. The van der Waals surface area contributed by atoms with Gasteiger partial charge in [-0.1, -0.05) is 0 Å². The van der Waals surface area contributed by atoms with E-state index in [0.717, 1.165) is 12.8 Å². The number of carbonyl (C=O) groups excluding carboxylic acids is 1. The number of anilines is 2. The average Bonchev–Trinajstić information content (AvgIpc) is 3.19. The minimum Gasteiger partial charge on any atom is -0.355 e. The Kier molecular flexibility index (Phi) is 3.76. The van der Waals surface area contributed by atoms with Gasteiger partial charge in [-0.05, 0) is 18.9 Å². The Balaban J connectivity index is 2.03. The number of nitrogens with zero attached hydrogens (tertiary/aromatic N) is 2. The van der Waals surface area contributed by atoms with E-state index in [1.54, 1.807) is 0 Å². The zero-order valence-electron chi connectivity index (χ0n) is 10.0. The molecule has 1 aromatic heterocycles. The summed E-state index contributed by atoms with van der Waals surface area (Å²) < 4.78 is 0. The molecule has 0 unspecified atom stereocenters. The second kappa shape index (κ2) is 5.48. The number of nitrogens with two attached hydrogens (primary N) is 1. The van der Waals surface area contributed by atoms with Crippen LogP contribution in [0.3, 0.4) is 0 Å². The zero-order chi connectivity index (χ0) is 13.8. The Morgan fingerprint density at radius 1 is 1.53 bits per heavy atom. The molecule has 5 N–H and O–H groups in total. The van der Waals surface area contributed by atoms with Gasteiger partial charge in [-0.25, -0.2) is 10.8 Å². The lowest BCUT2D eigenvalue weighted by molar-refractivity contribution is -0.384. The van der Waals surface area contributed by atoms with Gasteiger partial charge in [-0.15, -0.1) is 0 Å². The first-order valence-electron chi connectivity index (χ1n) is 5.75. The van der Waals surface area contributed by atoms with Crippen LogP contribution in [0.5, 0.6) is 0 Å². The second-order valence-electron chi connectivity index (χ2n) is 4.16. The Hall–Kier alpha value is -2.42. The minimum atomic E-state index is -0.575. The molecule has 1 saturated carbocycles. The van der Waals surface area contributed by atoms with Crippen LogP contribution in [0, 0.1) is 10.1 Å². The summed E-state index contributed by atoms with van der Waals surface area (Å²) >= 11 is 0. The third-order valence-corrected chi connectivity index (χ3v) is 2.58. The molecule has 1 heterocycles. The zero-order valence-corrected chi connectivity index (χ0v) is 10.0. The van der Waals surface area contributed by atoms with Crippen LogP contribution in [0.2, 0.25) is 0 Å². The van der Waals surface area contributed by atoms with E-state index in [1.807, 2.05) is 0 Å². The Bertz CT molecular complexity index is 502. The first-order valence-corrected chi connectivity index (χ1v) is 5.75. The number of amides is 1. The average molecular weight is 266 g/mol. The number of nitro groups is 1. The predicted octanol–water partition coefficient (Wildman–Crippen LogP) is -0.0341. The van der Waals surface area contributed by atoms with Crippen molar-refractivity contribution in [3.63, 3.8) is 0 Å². The van der Waals surface area contributed by atoms with Gasteiger partial charge in [0.15, 0.2) is 0 Å². The van der Waals surface area contributed by atoms with Crippen LogP contribution in [0.1, 0.15) is 12.8 Å². The van der Waals surface area contributed by atoms with Crippen LogP contribution in [-0.4, -0.2) is 28.4 Å². The molecule has 1 aliphatic rings. The van der Waals surface area contributed by atoms with Crippen LogP contribution >= 0.6 is 0 Å². The lowest BCUT2D eigenvalue weighted by Crippen LogP contribution is -2.31. The van der Waals surface area contributed by atoms with E-state index in [4.69, 9.17) is 5.84 Å². The van der Waals surface area contributed by atoms with Gasteiger partial charge in [-0.2, -0.15) is 0 Å². The second-order valence-corrected chi connectivity index (χ2v) is 4.16. The van der Waals surface area contributed by atoms with Crippen molar-refractivity contribution in [2.24, 2.45) is 5.84 Å². The lowest BCUT2D eigenvalue weighted by atomic mass is 10.3. The fourth-order valence-corrected chi connectivity index (χ4v) is 1.48. The van der Waals surface area contributed by atoms with Gasteiger partial charge >= 0.3 is 5.69 Å². The monoisotopic (exact) mass is 266 g/mol. The molecule has 1 fully saturated rings. The van der Waals surface area contributed by atoms with E-state index in [2.05, 4.69) is 21.0 Å². The van der Waals surface area contributed by atoms with Gasteiger partial charge in [0.1, 0.15) is 5.82 Å². The molecule has 0 atom stereocenters. The fourth-order valence-electron chi connectivity index (χ4n) is 1.48. The maximum atomic E-state index is 11.5. The summed E-state index contributed by atoms with van der Waals surface area (Å²) in [5.74, 6) is 5.25. The van der Waals surface area contributed by atoms with E-state index in [0.29, 0.717) is 0 Å². The Labute approximate surface area is 108 Å². The molecule has 0 aromatic carbocycles. The van der Waals surface area contributed by atoms with E-state index in [1.165, 1.54) is 12.1 Å². The highest BCUT2D eigenvalue weighted by atomic mass is 16.6. The highest BCUT2D eigenvalue weighted by molar-refractivity contribution is 5.81. The number of rotatable bonds is 6. The number of carbonyl (C=O) groups is 1. The van der Waals surface area contributed by atoms with Crippen LogP contribution < -0.4 is 21.9 Å². The highest BCUT2D eigenvalue weighted by Gasteiger charge is 2.23. The molecule has 1 amide bonds. The summed E-state index contributed by atoms with van der Waals surface area (Å²) in [4.78, 5) is 25.7. The summed E-state index contributed by atoms with van der Waals surface area (Å²) in [6.07, 6.45) is 1.97. The fraction of sp³-hybridized carbons (Fsp3) is 0.400. The summed E-state index contributed by atoms with van der Waals surface area (Å²) in [5.41, 5.74) is 2.08. The first-order chi connectivity index (χ1) is 9.10. The van der Waals surface area contributed by atoms with E-state index >= 15 is 0 Å². The van der Waals surface area contributed by atoms with Gasteiger partial charge in [0.25, 0.3) is 0 Å². The highest BCUT2D eigenvalue weighted by Crippen LogP contribution is 2.23. The topological polar surface area (TPSA) is 135 Å². The van der Waals surface area contributed by atoms with Crippen molar-refractivity contribution in [1.29, 1.82) is 0 Å². The number of aromatic nitrogens is 1. The molecular formula is C10H14N6O3. The van der Waals surface area contributed by atoms with Crippen molar-refractivity contribution >= 4 is 23.2 Å². The van der Waals surface area contributed by atoms with Crippen molar-refractivity contribution in [2.75, 3.05) is 17.3 Å². The number of pyridine rings is 1. The van der Waals surface area contributed by atoms with E-state index < -0.39 is 4.92 Å². The van der Waals surface area contributed by atoms with Crippen LogP contribution in [0.25, 0.3) is 0 Å². The van der Waals surface area contributed by atoms with Crippen molar-refractivity contribution in [3.8, 4) is 0 Å². The molecule has 0 aliphatic heterocycles. The van der Waals surface area contributed by atoms with Crippen molar-refractivity contribution in [3.05, 3.63) is 22.2 Å². The largest absolute Gasteiger partial charge is 0.355 e. The van der Waals surface area contributed by atoms with Gasteiger partial charge in [0.2, 0.25) is 11.7 Å². The molecule has 1 aromatic rings. The van der Waals surface area contributed by atoms with Crippen molar-refractivity contribution in [2.45, 2.75) is 18.9 Å². The number of hydrogen-bond donors (Lipinski definition) is 4. The minimum absolute atomic E-state index is 0.00592. The number of nitrogens with one attached hydrogen (secondary N) is 3. The Morgan fingerprint density at radius 2 is 2.26 bits per heavy atom. The molecule has 102 valence electrons. The molecule has 0 saturated heterocycles. The molecule has 9 heteroatoms. The van der Waals surface area contributed by atoms with Crippen LogP contribution in [-0.2, 0) is 4.79 Å². The summed E-state index contributed by atoms with van der Waals surface area (Å²) in [7, 11) is 0. The molecule has 19 heavy (non-hydrogen) atoms. The summed E-state index contributed by atoms with van der Waals surface area (Å²) in [5, 5.41) is 16.2. The normalized spacial score (nSPS) is 13.7. The number of hydrogen-bond acceptors (Lipinski definition) is 7. The molecule has 0 radical (unpaired) electrons. The standard InChI is InChI=1S/C10H14N6O3/c11-15-8-4-3-7(16(18)19)10(14-8)12-5-9(17)13-6-1-2-6/h3-4,6H,1-2,5,11H2,(H,13,17)(H2,12,14,15). The van der Waals surface area contributed by atoms with Gasteiger partial charge in [0, 0.05) is 12.1 Å². The van der Waals surface area contributed by atoms with Crippen molar-refractivity contribution in [1.82, 2.24) is 10.3 Å². The SMILES string of the molecule is NNc1ccc([N+](=O)[O-])c(NCC(=O)NC2CC2)n1. The predicted molar refractivity (Wildman–Crippen MR) is 68.4 cm³/mol. The van der Waals surface area contributed by atoms with Crippen molar-refractivity contribution < 1.29 is 9.72 Å². The maximum Gasteiger partial charge on any atom is 0.311 e. The van der Waals surface area contributed by atoms with Gasteiger partial charge < -0.3 is 16.1 Å². The van der Waals surface area contributed by atoms with Gasteiger partial charge in [-0.3, -0.25) is 14.9 Å². The molecule has 9 nitrogen and oxygen atoms in total. The summed E-state index contributed by atoms with van der Waals surface area (Å²) in [6.45, 7) is -0.0711. The molecular weight excluding hydrogens is 252 g/mol. The third-order valence-electron chi connectivity index (χ3n) is 2.58. The maximum absolute atomic E-state index is 11.5. The quantitative estimate of drug-likeness (QED) is 0.322. The Morgan fingerprint density at radius 3 is 2.84 bits per heavy atom.